The molecule has 2 aromatic rings. The first kappa shape index (κ1) is 27.2. The van der Waals surface area contributed by atoms with Gasteiger partial charge in [-0.15, -0.1) is 0 Å². The van der Waals surface area contributed by atoms with Gasteiger partial charge >= 0.3 is 22.1 Å². The van der Waals surface area contributed by atoms with Gasteiger partial charge in [-0.2, -0.15) is 17.2 Å². The number of benzene rings is 2. The van der Waals surface area contributed by atoms with Gasteiger partial charge in [-0.1, -0.05) is 0 Å². The summed E-state index contributed by atoms with van der Waals surface area (Å²) >= 11 is 7.10. The van der Waals surface area contributed by atoms with Crippen LogP contribution in [0.5, 0.6) is 5.75 Å². The van der Waals surface area contributed by atoms with Gasteiger partial charge in [0.15, 0.2) is 16.5 Å². The molecule has 0 bridgehead atoms. The van der Waals surface area contributed by atoms with Crippen molar-refractivity contribution in [2.45, 2.75) is 4.90 Å². The molecule has 0 aliphatic heterocycles. The number of esters is 2. The molecular weight excluding hydrogens is 908 g/mol. The van der Waals surface area contributed by atoms with Crippen LogP contribution in [0.2, 0.25) is 0 Å². The van der Waals surface area contributed by atoms with Crippen molar-refractivity contribution in [3.8, 4) is 5.75 Å². The van der Waals surface area contributed by atoms with Gasteiger partial charge in [-0.25, -0.2) is 18.4 Å². The highest BCUT2D eigenvalue weighted by Crippen LogP contribution is 2.36. The molecule has 0 saturated carbocycles. The van der Waals surface area contributed by atoms with Gasteiger partial charge in [-0.3, -0.25) is 4.55 Å². The van der Waals surface area contributed by atoms with Crippen molar-refractivity contribution >= 4 is 112 Å². The number of carbonyl (C=O) groups is 2. The Kier molecular flexibility index (Phi) is 8.81. The van der Waals surface area contributed by atoms with Crippen molar-refractivity contribution in [3.05, 3.63) is 48.7 Å². The van der Waals surface area contributed by atoms with Gasteiger partial charge < -0.3 is 9.47 Å². The minimum Gasteiger partial charge on any atom is -0.465 e. The summed E-state index contributed by atoms with van der Waals surface area (Å²) in [5.74, 6) is -14.2. The van der Waals surface area contributed by atoms with Gasteiger partial charge in [0.2, 0.25) is 17.4 Å². The highest BCUT2D eigenvalue weighted by molar-refractivity contribution is 14.1. The lowest BCUT2D eigenvalue weighted by Crippen LogP contribution is -2.22. The zero-order chi connectivity index (χ0) is 24.0. The zero-order valence-electron chi connectivity index (χ0n) is 14.3. The molecular formula is C15H4F4I4O7S. The number of rotatable bonds is 4. The number of hydrogen-bond acceptors (Lipinski definition) is 6. The van der Waals surface area contributed by atoms with E-state index in [1.54, 1.807) is 45.2 Å². The van der Waals surface area contributed by atoms with Crippen LogP contribution in [0.1, 0.15) is 20.7 Å². The van der Waals surface area contributed by atoms with Crippen LogP contribution in [0, 0.1) is 37.5 Å². The van der Waals surface area contributed by atoms with Crippen LogP contribution in [0.15, 0.2) is 4.90 Å². The van der Waals surface area contributed by atoms with Crippen molar-refractivity contribution < 1.29 is 49.6 Å². The van der Waals surface area contributed by atoms with Gasteiger partial charge in [0.25, 0.3) is 0 Å². The summed E-state index contributed by atoms with van der Waals surface area (Å²) in [6.07, 6.45) is 0. The minimum atomic E-state index is -5.69. The molecule has 7 nitrogen and oxygen atoms in total. The quantitative estimate of drug-likeness (QED) is 0.0885. The molecule has 0 heterocycles. The van der Waals surface area contributed by atoms with Crippen molar-refractivity contribution in [1.29, 1.82) is 0 Å². The number of methoxy groups -OCH3 is 1. The minimum absolute atomic E-state index is 0.115. The number of carbonyl (C=O) groups excluding carboxylic acids is 2. The third-order valence-corrected chi connectivity index (χ3v) is 11.8. The number of hydrogen-bond donors (Lipinski definition) is 1. The van der Waals surface area contributed by atoms with E-state index in [0.29, 0.717) is 7.14 Å². The summed E-state index contributed by atoms with van der Waals surface area (Å²) in [6.45, 7) is 0. The smallest absolute Gasteiger partial charge is 0.345 e. The zero-order valence-corrected chi connectivity index (χ0v) is 23.8. The number of halogens is 8. The Hall–Kier alpha value is -0.0700. The molecule has 16 heteroatoms. The number of ether oxygens (including phenoxy) is 2. The SMILES string of the molecule is COC(=O)c1c(I)c(I)c(I)c(I)c1C(=O)Oc1c(F)c(F)c(S(=O)(=O)O)c(F)c1F. The highest BCUT2D eigenvalue weighted by Gasteiger charge is 2.36. The van der Waals surface area contributed by atoms with Crippen LogP contribution in [0.4, 0.5) is 17.6 Å². The molecule has 0 radical (unpaired) electrons. The topological polar surface area (TPSA) is 107 Å². The molecule has 1 N–H and O–H groups in total. The molecule has 0 saturated heterocycles. The lowest BCUT2D eigenvalue weighted by molar-refractivity contribution is 0.0584. The highest BCUT2D eigenvalue weighted by atomic mass is 127. The van der Waals surface area contributed by atoms with E-state index in [1.165, 1.54) is 0 Å². The van der Waals surface area contributed by atoms with Gasteiger partial charge in [0, 0.05) is 14.3 Å². The van der Waals surface area contributed by atoms with Crippen LogP contribution in [-0.4, -0.2) is 32.0 Å². The fraction of sp³-hybridized carbons (Fsp3) is 0.0667. The molecule has 31 heavy (non-hydrogen) atoms. The predicted molar refractivity (Wildman–Crippen MR) is 130 cm³/mol. The summed E-state index contributed by atoms with van der Waals surface area (Å²) in [4.78, 5) is 22.6. The van der Waals surface area contributed by atoms with E-state index in [9.17, 15) is 35.6 Å². The van der Waals surface area contributed by atoms with E-state index in [4.69, 9.17) is 4.55 Å². The summed E-state index contributed by atoms with van der Waals surface area (Å²) in [7, 11) is -4.67. The van der Waals surface area contributed by atoms with E-state index in [2.05, 4.69) is 9.47 Å². The maximum Gasteiger partial charge on any atom is 0.345 e. The Bertz CT molecular complexity index is 1220. The van der Waals surface area contributed by atoms with E-state index < -0.39 is 61.5 Å². The fourth-order valence-corrected chi connectivity index (χ4v) is 6.43. The Morgan fingerprint density at radius 1 is 0.774 bits per heavy atom. The second-order valence-electron chi connectivity index (χ2n) is 5.28. The summed E-state index contributed by atoms with van der Waals surface area (Å²) in [5, 5.41) is 0. The summed E-state index contributed by atoms with van der Waals surface area (Å²) < 4.78 is 97.7. The van der Waals surface area contributed by atoms with E-state index in [-0.39, 0.29) is 12.7 Å². The maximum absolute atomic E-state index is 14.2. The van der Waals surface area contributed by atoms with Gasteiger partial charge in [0.05, 0.1) is 18.2 Å². The van der Waals surface area contributed by atoms with Crippen LogP contribution in [-0.2, 0) is 14.9 Å². The maximum atomic E-state index is 14.2. The van der Waals surface area contributed by atoms with E-state index >= 15 is 0 Å². The molecule has 2 rings (SSSR count). The molecule has 2 aromatic carbocycles. The Balaban J connectivity index is 2.77. The summed E-state index contributed by atoms with van der Waals surface area (Å²) in [6, 6.07) is 0. The van der Waals surface area contributed by atoms with Gasteiger partial charge in [0.1, 0.15) is 0 Å². The average Bonchev–Trinajstić information content (AvgIpc) is 2.68. The van der Waals surface area contributed by atoms with E-state index in [1.807, 2.05) is 45.2 Å². The third-order valence-electron chi connectivity index (χ3n) is 3.50. The molecule has 0 spiro atoms. The first-order chi connectivity index (χ1) is 14.2. The molecule has 168 valence electrons. The van der Waals surface area contributed by atoms with Crippen molar-refractivity contribution in [2.24, 2.45) is 0 Å². The van der Waals surface area contributed by atoms with Crippen LogP contribution in [0.25, 0.3) is 0 Å². The lowest BCUT2D eigenvalue weighted by atomic mass is 10.1. The van der Waals surface area contributed by atoms with E-state index in [0.717, 1.165) is 7.11 Å². The standard InChI is InChI=1S/C15H4F4I4O7S/c1-29-14(24)2-3(9(21)11(23)10(22)8(2)20)15(25)30-12-4(16)6(18)13(31(26,27)28)7(19)5(12)17/h1H3,(H,26,27,28). The second-order valence-corrected chi connectivity index (χ2v) is 10.9. The molecule has 0 atom stereocenters. The van der Waals surface area contributed by atoms with Crippen molar-refractivity contribution in [3.63, 3.8) is 0 Å². The summed E-state index contributed by atoms with van der Waals surface area (Å²) in [5.41, 5.74) is -0.821. The molecule has 0 aliphatic rings. The first-order valence-electron chi connectivity index (χ1n) is 7.16. The Morgan fingerprint density at radius 2 is 1.16 bits per heavy atom. The average molecular weight is 912 g/mol. The third kappa shape index (κ3) is 5.06. The predicted octanol–water partition coefficient (Wildman–Crippen LogP) is 4.91. The van der Waals surface area contributed by atoms with Gasteiger partial charge in [-0.05, 0) is 90.4 Å². The lowest BCUT2D eigenvalue weighted by Gasteiger charge is -2.16. The fourth-order valence-electron chi connectivity index (χ4n) is 2.17. The molecule has 0 fully saturated rings. The van der Waals surface area contributed by atoms with Crippen molar-refractivity contribution in [2.75, 3.05) is 7.11 Å². The first-order valence-corrected chi connectivity index (χ1v) is 12.9. The van der Waals surface area contributed by atoms with Crippen LogP contribution >= 0.6 is 90.4 Å². The molecule has 0 unspecified atom stereocenters. The largest absolute Gasteiger partial charge is 0.465 e. The normalized spacial score (nSPS) is 11.4. The monoisotopic (exact) mass is 912 g/mol. The molecule has 0 aliphatic carbocycles. The second kappa shape index (κ2) is 10.0. The molecule has 0 amide bonds. The Morgan fingerprint density at radius 3 is 1.52 bits per heavy atom. The van der Waals surface area contributed by atoms with Crippen molar-refractivity contribution in [1.82, 2.24) is 0 Å². The van der Waals surface area contributed by atoms with Crippen LogP contribution < -0.4 is 4.74 Å². The Labute approximate surface area is 225 Å². The van der Waals surface area contributed by atoms with Crippen LogP contribution in [0.3, 0.4) is 0 Å². The molecule has 0 aromatic heterocycles.